The lowest BCUT2D eigenvalue weighted by molar-refractivity contribution is 0.648. The maximum Gasteiger partial charge on any atom is 0.145 e. The van der Waals surface area contributed by atoms with E-state index in [1.807, 2.05) is 6.92 Å². The molecule has 0 aromatic rings. The van der Waals surface area contributed by atoms with Crippen molar-refractivity contribution < 1.29 is 0 Å². The highest BCUT2D eigenvalue weighted by Gasteiger charge is 1.95. The molecule has 3 heteroatoms. The first kappa shape index (κ1) is 10.3. The lowest BCUT2D eigenvalue weighted by Crippen LogP contribution is -2.19. The van der Waals surface area contributed by atoms with Gasteiger partial charge in [-0.3, -0.25) is 0 Å². The van der Waals surface area contributed by atoms with Gasteiger partial charge in [0.15, 0.2) is 0 Å². The summed E-state index contributed by atoms with van der Waals surface area (Å²) < 4.78 is 0. The lowest BCUT2D eigenvalue weighted by Gasteiger charge is -2.07. The van der Waals surface area contributed by atoms with Crippen molar-refractivity contribution in [2.45, 2.75) is 19.4 Å². The van der Waals surface area contributed by atoms with Crippen LogP contribution in [0.5, 0.6) is 0 Å². The molecule has 0 saturated heterocycles. The predicted octanol–water partition coefficient (Wildman–Crippen LogP) is 1.47. The van der Waals surface area contributed by atoms with Crippen LogP contribution in [0, 0.1) is 22.7 Å². The van der Waals surface area contributed by atoms with E-state index in [2.05, 4.69) is 11.9 Å². The van der Waals surface area contributed by atoms with Crippen molar-refractivity contribution >= 4 is 0 Å². The van der Waals surface area contributed by atoms with Gasteiger partial charge in [-0.25, -0.2) is 0 Å². The van der Waals surface area contributed by atoms with Crippen LogP contribution >= 0.6 is 0 Å². The summed E-state index contributed by atoms with van der Waals surface area (Å²) in [6.07, 6.45) is 4.01. The first-order valence-electron chi connectivity index (χ1n) is 3.62. The van der Waals surface area contributed by atoms with E-state index in [0.29, 0.717) is 0 Å². The molecule has 0 radical (unpaired) electrons. The molecule has 0 saturated carbocycles. The van der Waals surface area contributed by atoms with Gasteiger partial charge in [0.25, 0.3) is 0 Å². The van der Waals surface area contributed by atoms with Crippen molar-refractivity contribution in [3.05, 3.63) is 24.4 Å². The standard InChI is InChI=1S/C9H11N3/c1-3-4-8(2)12-7-9(5-10)6-11/h3,7-8,12H,1,4H2,2H3. The van der Waals surface area contributed by atoms with Crippen LogP contribution in [-0.4, -0.2) is 6.04 Å². The summed E-state index contributed by atoms with van der Waals surface area (Å²) in [5, 5.41) is 19.6. The predicted molar refractivity (Wildman–Crippen MR) is 46.7 cm³/mol. The summed E-state index contributed by atoms with van der Waals surface area (Å²) in [7, 11) is 0. The number of nitrogens with zero attached hydrogens (tertiary/aromatic N) is 2. The second kappa shape index (κ2) is 6.00. The van der Waals surface area contributed by atoms with E-state index < -0.39 is 0 Å². The van der Waals surface area contributed by atoms with Crippen molar-refractivity contribution in [3.63, 3.8) is 0 Å². The van der Waals surface area contributed by atoms with Crippen LogP contribution in [0.4, 0.5) is 0 Å². The van der Waals surface area contributed by atoms with Crippen molar-refractivity contribution in [1.82, 2.24) is 5.32 Å². The van der Waals surface area contributed by atoms with Crippen LogP contribution in [0.1, 0.15) is 13.3 Å². The number of hydrogen-bond donors (Lipinski definition) is 1. The number of nitriles is 2. The Morgan fingerprint density at radius 2 is 2.17 bits per heavy atom. The molecule has 0 heterocycles. The molecule has 0 bridgehead atoms. The summed E-state index contributed by atoms with van der Waals surface area (Å²) >= 11 is 0. The fraction of sp³-hybridized carbons (Fsp3) is 0.333. The Morgan fingerprint density at radius 1 is 1.58 bits per heavy atom. The van der Waals surface area contributed by atoms with Gasteiger partial charge >= 0.3 is 0 Å². The zero-order chi connectivity index (χ0) is 9.40. The summed E-state index contributed by atoms with van der Waals surface area (Å²) in [4.78, 5) is 0. The van der Waals surface area contributed by atoms with Crippen LogP contribution in [0.15, 0.2) is 24.4 Å². The Hall–Kier alpha value is -1.74. The monoisotopic (exact) mass is 161 g/mol. The molecule has 1 N–H and O–H groups in total. The zero-order valence-corrected chi connectivity index (χ0v) is 7.04. The van der Waals surface area contributed by atoms with E-state index in [1.54, 1.807) is 18.2 Å². The molecule has 1 atom stereocenters. The van der Waals surface area contributed by atoms with Crippen molar-refractivity contribution in [2.24, 2.45) is 0 Å². The fourth-order valence-electron chi connectivity index (χ4n) is 0.633. The molecule has 12 heavy (non-hydrogen) atoms. The lowest BCUT2D eigenvalue weighted by atomic mass is 10.2. The summed E-state index contributed by atoms with van der Waals surface area (Å²) in [5.41, 5.74) is 0.0888. The first-order chi connectivity index (χ1) is 5.74. The molecule has 62 valence electrons. The highest BCUT2D eigenvalue weighted by molar-refractivity contribution is 5.34. The summed E-state index contributed by atoms with van der Waals surface area (Å²) in [6, 6.07) is 3.73. The largest absolute Gasteiger partial charge is 0.386 e. The second-order valence-electron chi connectivity index (χ2n) is 2.37. The second-order valence-corrected chi connectivity index (χ2v) is 2.37. The number of rotatable bonds is 4. The molecule has 0 amide bonds. The number of nitrogens with one attached hydrogen (secondary N) is 1. The van der Waals surface area contributed by atoms with Crippen molar-refractivity contribution in [2.75, 3.05) is 0 Å². The maximum absolute atomic E-state index is 8.37. The van der Waals surface area contributed by atoms with Gasteiger partial charge in [-0.05, 0) is 13.3 Å². The van der Waals surface area contributed by atoms with Crippen LogP contribution in [0.2, 0.25) is 0 Å². The SMILES string of the molecule is C=CCC(C)NC=C(C#N)C#N. The highest BCUT2D eigenvalue weighted by atomic mass is 14.9. The third-order valence-corrected chi connectivity index (χ3v) is 1.27. The molecule has 0 fully saturated rings. The average Bonchev–Trinajstić information content (AvgIpc) is 2.07. The van der Waals surface area contributed by atoms with E-state index in [-0.39, 0.29) is 11.6 Å². The molecule has 3 nitrogen and oxygen atoms in total. The van der Waals surface area contributed by atoms with Gasteiger partial charge in [-0.1, -0.05) is 6.08 Å². The van der Waals surface area contributed by atoms with E-state index in [0.717, 1.165) is 6.42 Å². The van der Waals surface area contributed by atoms with Gasteiger partial charge < -0.3 is 5.32 Å². The van der Waals surface area contributed by atoms with Crippen LogP contribution in [0.3, 0.4) is 0 Å². The Kier molecular flexibility index (Phi) is 5.13. The van der Waals surface area contributed by atoms with Crippen molar-refractivity contribution in [3.8, 4) is 12.1 Å². The van der Waals surface area contributed by atoms with Gasteiger partial charge in [0.05, 0.1) is 0 Å². The molecule has 0 aliphatic carbocycles. The molecule has 0 spiro atoms. The summed E-state index contributed by atoms with van der Waals surface area (Å²) in [6.45, 7) is 5.53. The minimum atomic E-state index is 0.0888. The topological polar surface area (TPSA) is 59.6 Å². The van der Waals surface area contributed by atoms with E-state index >= 15 is 0 Å². The molecule has 0 aliphatic rings. The smallest absolute Gasteiger partial charge is 0.145 e. The normalized spacial score (nSPS) is 10.2. The molecule has 0 aliphatic heterocycles. The fourth-order valence-corrected chi connectivity index (χ4v) is 0.633. The third kappa shape index (κ3) is 4.14. The van der Waals surface area contributed by atoms with E-state index in [9.17, 15) is 0 Å². The van der Waals surface area contributed by atoms with Crippen molar-refractivity contribution in [1.29, 1.82) is 10.5 Å². The van der Waals surface area contributed by atoms with Crippen LogP contribution in [0.25, 0.3) is 0 Å². The van der Waals surface area contributed by atoms with Gasteiger partial charge in [0.1, 0.15) is 17.7 Å². The number of allylic oxidation sites excluding steroid dienone is 1. The minimum absolute atomic E-state index is 0.0888. The van der Waals surface area contributed by atoms with Crippen LogP contribution in [-0.2, 0) is 0 Å². The molecule has 0 rings (SSSR count). The van der Waals surface area contributed by atoms with E-state index in [4.69, 9.17) is 10.5 Å². The van der Waals surface area contributed by atoms with Gasteiger partial charge in [0, 0.05) is 12.2 Å². The minimum Gasteiger partial charge on any atom is -0.386 e. The van der Waals surface area contributed by atoms with Gasteiger partial charge in [-0.2, -0.15) is 10.5 Å². The molecule has 1 unspecified atom stereocenters. The average molecular weight is 161 g/mol. The molecule has 0 aromatic heterocycles. The maximum atomic E-state index is 8.37. The third-order valence-electron chi connectivity index (χ3n) is 1.27. The molecular weight excluding hydrogens is 150 g/mol. The Morgan fingerprint density at radius 3 is 2.58 bits per heavy atom. The Bertz CT molecular complexity index is 236. The van der Waals surface area contributed by atoms with Gasteiger partial charge in [-0.15, -0.1) is 6.58 Å². The first-order valence-corrected chi connectivity index (χ1v) is 3.62. The highest BCUT2D eigenvalue weighted by Crippen LogP contribution is 1.92. The van der Waals surface area contributed by atoms with E-state index in [1.165, 1.54) is 6.20 Å². The zero-order valence-electron chi connectivity index (χ0n) is 7.04. The van der Waals surface area contributed by atoms with Gasteiger partial charge in [0.2, 0.25) is 0 Å². The quantitative estimate of drug-likeness (QED) is 0.501. The summed E-state index contributed by atoms with van der Waals surface area (Å²) in [5.74, 6) is 0. The Labute approximate surface area is 72.6 Å². The molecular formula is C9H11N3. The number of hydrogen-bond acceptors (Lipinski definition) is 3. The van der Waals surface area contributed by atoms with Crippen LogP contribution < -0.4 is 5.32 Å². The molecule has 0 aromatic carbocycles. The Balaban J connectivity index is 3.97.